The zero-order chi connectivity index (χ0) is 49.6. The lowest BCUT2D eigenvalue weighted by Gasteiger charge is -2.41. The molecule has 2 amide bonds. The highest BCUT2D eigenvalue weighted by molar-refractivity contribution is 8.07. The molecule has 0 radical (unpaired) electrons. The van der Waals surface area contributed by atoms with Crippen molar-refractivity contribution in [1.82, 2.24) is 44.5 Å². The predicted molar refractivity (Wildman–Crippen MR) is 253 cm³/mol. The SMILES string of the molecule is CC(C)C(=O)Nc1nc2c(ncn2[C@@H]2O[C@@H]3COP(=S)(OCCC#N)O[C@H]4[C@H](F)C(n5nnc6c(NC(=O)c7ccccc7)ncnc65)O[C@@H]4COP(O)(=S)O[C@H]2[C@@H]3O[Si](C)(C)C(C)(C)C)c(=O)[nH]1. The van der Waals surface area contributed by atoms with Crippen LogP contribution in [0.1, 0.15) is 63.9 Å². The van der Waals surface area contributed by atoms with Gasteiger partial charge in [0.15, 0.2) is 55.1 Å². The molecule has 1 aromatic carbocycles. The molecule has 3 unspecified atom stereocenters. The molecular formula is C39H49FN12O12P2S2Si. The number of benzene rings is 1. The van der Waals surface area contributed by atoms with E-state index in [1.807, 2.05) is 39.9 Å². The molecule has 4 N–H and O–H groups in total. The molecule has 3 saturated heterocycles. The van der Waals surface area contributed by atoms with Gasteiger partial charge in [0.1, 0.15) is 36.8 Å². The van der Waals surface area contributed by atoms with Crippen molar-refractivity contribution in [3.63, 3.8) is 0 Å². The van der Waals surface area contributed by atoms with Crippen molar-refractivity contribution in [2.75, 3.05) is 30.5 Å². The van der Waals surface area contributed by atoms with E-state index in [0.717, 1.165) is 11.0 Å². The van der Waals surface area contributed by atoms with Crippen LogP contribution in [0.5, 0.6) is 0 Å². The molecule has 69 heavy (non-hydrogen) atoms. The number of anilines is 2. The number of nitriles is 1. The number of aromatic nitrogens is 9. The Kier molecular flexibility index (Phi) is 14.8. The molecule has 370 valence electrons. The fourth-order valence-electron chi connectivity index (χ4n) is 7.19. The van der Waals surface area contributed by atoms with Gasteiger partial charge in [-0.15, -0.1) is 5.10 Å². The molecule has 5 aromatic rings. The summed E-state index contributed by atoms with van der Waals surface area (Å²) in [5, 5.41) is 22.6. The molecular weight excluding hydrogens is 1000 g/mol. The Morgan fingerprint density at radius 2 is 1.75 bits per heavy atom. The Morgan fingerprint density at radius 1 is 1.03 bits per heavy atom. The largest absolute Gasteiger partial charge is 0.408 e. The van der Waals surface area contributed by atoms with Crippen LogP contribution >= 0.6 is 13.4 Å². The minimum absolute atomic E-state index is 0.00551. The summed E-state index contributed by atoms with van der Waals surface area (Å²) < 4.78 is 70.4. The average Bonchev–Trinajstić information content (AvgIpc) is 4.06. The maximum atomic E-state index is 17.2. The first-order valence-corrected chi connectivity index (χ1v) is 29.6. The van der Waals surface area contributed by atoms with Gasteiger partial charge in [-0.2, -0.15) is 14.9 Å². The summed E-state index contributed by atoms with van der Waals surface area (Å²) in [6, 6.07) is 10.3. The monoisotopic (exact) mass is 1050 g/mol. The topological polar surface area (TPSA) is 296 Å². The van der Waals surface area contributed by atoms with Crippen molar-refractivity contribution in [3.05, 3.63) is 58.9 Å². The highest BCUT2D eigenvalue weighted by Crippen LogP contribution is 2.57. The molecule has 2 bridgehead atoms. The third kappa shape index (κ3) is 10.8. The van der Waals surface area contributed by atoms with Gasteiger partial charge in [0.25, 0.3) is 11.5 Å². The second kappa shape index (κ2) is 20.0. The van der Waals surface area contributed by atoms with E-state index in [1.54, 1.807) is 44.2 Å². The minimum atomic E-state index is -4.45. The smallest absolute Gasteiger partial charge is 0.327 e. The van der Waals surface area contributed by atoms with E-state index < -0.39 is 112 Å². The number of hydrogen-bond acceptors (Lipinski definition) is 20. The Hall–Kier alpha value is -4.43. The van der Waals surface area contributed by atoms with Crippen LogP contribution in [0.15, 0.2) is 47.8 Å². The third-order valence-electron chi connectivity index (χ3n) is 11.8. The highest BCUT2D eigenvalue weighted by atomic mass is 32.5. The van der Waals surface area contributed by atoms with E-state index >= 15 is 4.39 Å². The minimum Gasteiger partial charge on any atom is -0.408 e. The van der Waals surface area contributed by atoms with Gasteiger partial charge in [-0.25, -0.2) is 19.3 Å². The van der Waals surface area contributed by atoms with Gasteiger partial charge in [0, 0.05) is 11.5 Å². The molecule has 0 saturated carbocycles. The van der Waals surface area contributed by atoms with Crippen LogP contribution in [0, 0.1) is 17.2 Å². The molecule has 24 nitrogen and oxygen atoms in total. The van der Waals surface area contributed by atoms with Gasteiger partial charge >= 0.3 is 13.4 Å². The first-order valence-electron chi connectivity index (χ1n) is 21.5. The standard InChI is InChI=1S/C39H49FN12O12P2S2Si/c1-20(2)33(53)47-38-46-32-26(35(55)48-38)44-19-51(32)37-29-28(64-69(6,7)39(3,4)5)23(61-37)17-59-66(68,57-15-11-14-41)63-27-22(16-58-65(56,67)62-29)60-36(24(27)40)52-31-25(49-50-52)30(42-18-43-31)45-34(54)21-12-9-8-10-13-21/h8-10,12-13,18-20,22-24,27-29,36-37H,11,15-17H2,1-7H3,(H,56,67)(H,42,43,45,54)(H2,46,47,48,53,55)/t22-,23-,24+,27-,28-,29+,36?,37-,65?,66?/m1/s1. The highest BCUT2D eigenvalue weighted by Gasteiger charge is 2.56. The number of imidazole rings is 1. The summed E-state index contributed by atoms with van der Waals surface area (Å²) >= 11 is 11.6. The molecule has 3 fully saturated rings. The summed E-state index contributed by atoms with van der Waals surface area (Å²) in [4.78, 5) is 70.7. The molecule has 4 aromatic heterocycles. The number of nitrogens with one attached hydrogen (secondary N) is 3. The maximum Gasteiger partial charge on any atom is 0.327 e. The van der Waals surface area contributed by atoms with Crippen molar-refractivity contribution in [3.8, 4) is 6.07 Å². The van der Waals surface area contributed by atoms with E-state index in [1.165, 1.54) is 10.9 Å². The van der Waals surface area contributed by atoms with Gasteiger partial charge in [-0.05, 0) is 53.9 Å². The molecule has 10 atom stereocenters. The van der Waals surface area contributed by atoms with Crippen LogP contribution in [0.2, 0.25) is 18.1 Å². The van der Waals surface area contributed by atoms with E-state index in [4.69, 9.17) is 60.1 Å². The van der Waals surface area contributed by atoms with Crippen LogP contribution in [0.25, 0.3) is 22.3 Å². The molecule has 0 aliphatic carbocycles. The van der Waals surface area contributed by atoms with Crippen molar-refractivity contribution in [2.45, 2.75) is 108 Å². The molecule has 3 aliphatic heterocycles. The van der Waals surface area contributed by atoms with Crippen molar-refractivity contribution < 1.29 is 55.4 Å². The van der Waals surface area contributed by atoms with Gasteiger partial charge < -0.3 is 37.7 Å². The van der Waals surface area contributed by atoms with Crippen LogP contribution in [-0.2, 0) is 64.9 Å². The van der Waals surface area contributed by atoms with E-state index in [-0.39, 0.29) is 47.1 Å². The predicted octanol–water partition coefficient (Wildman–Crippen LogP) is 4.91. The Labute approximate surface area is 404 Å². The number of nitrogens with zero attached hydrogens (tertiary/aromatic N) is 9. The fraction of sp³-hybridized carbons (Fsp3) is 0.538. The second-order valence-electron chi connectivity index (χ2n) is 17.9. The number of H-pyrrole nitrogens is 1. The van der Waals surface area contributed by atoms with Crippen molar-refractivity contribution in [2.24, 2.45) is 5.92 Å². The van der Waals surface area contributed by atoms with E-state index in [0.29, 0.717) is 5.56 Å². The van der Waals surface area contributed by atoms with Gasteiger partial charge in [-0.3, -0.25) is 38.3 Å². The summed E-state index contributed by atoms with van der Waals surface area (Å²) in [5.41, 5.74) is -0.520. The Balaban J connectivity index is 1.16. The summed E-state index contributed by atoms with van der Waals surface area (Å²) in [7, 11) is -2.80. The lowest BCUT2D eigenvalue weighted by atomic mass is 10.1. The number of alkyl halides is 1. The summed E-state index contributed by atoms with van der Waals surface area (Å²) in [5.74, 6) is -1.55. The lowest BCUT2D eigenvalue weighted by molar-refractivity contribution is -0.118. The maximum absolute atomic E-state index is 17.2. The average molecular weight is 1050 g/mol. The number of aromatic amines is 1. The number of rotatable bonds is 11. The van der Waals surface area contributed by atoms with Gasteiger partial charge in [0.2, 0.25) is 11.9 Å². The molecule has 8 rings (SSSR count). The lowest BCUT2D eigenvalue weighted by Crippen LogP contribution is -2.50. The van der Waals surface area contributed by atoms with Crippen molar-refractivity contribution >= 4 is 91.3 Å². The van der Waals surface area contributed by atoms with Gasteiger partial charge in [0.05, 0.1) is 38.6 Å². The zero-order valence-electron chi connectivity index (χ0n) is 38.1. The third-order valence-corrected chi connectivity index (χ3v) is 20.2. The number of carbonyl (C=O) groups excluding carboxylic acids is 2. The number of fused-ring (bicyclic) bond motifs is 5. The van der Waals surface area contributed by atoms with Crippen molar-refractivity contribution in [1.29, 1.82) is 5.26 Å². The normalized spacial score (nSPS) is 28.9. The van der Waals surface area contributed by atoms with Crippen LogP contribution in [0.3, 0.4) is 0 Å². The number of carbonyl (C=O) groups is 2. The van der Waals surface area contributed by atoms with E-state index in [9.17, 15) is 24.5 Å². The quantitative estimate of drug-likeness (QED) is 0.0776. The second-order valence-corrected chi connectivity index (χ2v) is 28.4. The Bertz CT molecular complexity index is 2940. The fourth-order valence-corrected chi connectivity index (χ4v) is 12.0. The number of amides is 2. The van der Waals surface area contributed by atoms with Crippen LogP contribution in [-0.4, -0.2) is 126 Å². The molecule has 0 spiro atoms. The number of hydrogen-bond donors (Lipinski definition) is 4. The van der Waals surface area contributed by atoms with Crippen LogP contribution < -0.4 is 16.2 Å². The van der Waals surface area contributed by atoms with Crippen LogP contribution in [0.4, 0.5) is 16.2 Å². The molecule has 30 heteroatoms. The zero-order valence-corrected chi connectivity index (χ0v) is 42.5. The molecule has 7 heterocycles. The Morgan fingerprint density at radius 3 is 2.46 bits per heavy atom. The number of halogens is 1. The number of ether oxygens (including phenoxy) is 2. The first kappa shape index (κ1) is 50.9. The van der Waals surface area contributed by atoms with E-state index in [2.05, 4.69) is 45.9 Å². The summed E-state index contributed by atoms with van der Waals surface area (Å²) in [6.45, 7) is 3.37. The summed E-state index contributed by atoms with van der Waals surface area (Å²) in [6.07, 6.45) is -9.53. The molecule has 3 aliphatic rings. The van der Waals surface area contributed by atoms with Gasteiger partial charge in [-0.1, -0.05) is 58.0 Å². The first-order chi connectivity index (χ1) is 32.6.